The first-order valence-electron chi connectivity index (χ1n) is 15.2. The minimum absolute atomic E-state index is 0.224. The highest BCUT2D eigenvalue weighted by molar-refractivity contribution is 5.77. The number of benzene rings is 2. The molecule has 0 unspecified atom stereocenters. The number of hydrogen-bond acceptors (Lipinski definition) is 6. The normalized spacial score (nSPS) is 18.8. The van der Waals surface area contributed by atoms with E-state index in [1.54, 1.807) is 4.90 Å². The number of rotatable bonds is 4. The second kappa shape index (κ2) is 10.6. The van der Waals surface area contributed by atoms with Crippen molar-refractivity contribution in [3.63, 3.8) is 0 Å². The van der Waals surface area contributed by atoms with Crippen LogP contribution in [0.1, 0.15) is 88.7 Å². The molecule has 0 radical (unpaired) electrons. The SMILES string of the molecule is CC(C)(C)OC(=O)N1CCC[C@H]1c1nc2c(o1)CCOc1cc(-c3ccc(-c4cnc(C5CCCC5)[nH]4)cc3)ccc1-2. The van der Waals surface area contributed by atoms with Crippen LogP contribution in [0.5, 0.6) is 5.75 Å². The zero-order valence-electron chi connectivity index (χ0n) is 24.6. The van der Waals surface area contributed by atoms with Crippen molar-refractivity contribution in [2.45, 2.75) is 83.3 Å². The Kier molecular flexibility index (Phi) is 6.79. The van der Waals surface area contributed by atoms with E-state index in [-0.39, 0.29) is 12.1 Å². The second-order valence-corrected chi connectivity index (χ2v) is 12.7. The van der Waals surface area contributed by atoms with Gasteiger partial charge in [0.05, 0.1) is 18.5 Å². The van der Waals surface area contributed by atoms with Crippen molar-refractivity contribution < 1.29 is 18.7 Å². The summed E-state index contributed by atoms with van der Waals surface area (Å²) in [5, 5.41) is 0. The first-order valence-corrected chi connectivity index (χ1v) is 15.2. The van der Waals surface area contributed by atoms with Crippen LogP contribution < -0.4 is 4.74 Å². The van der Waals surface area contributed by atoms with Crippen LogP contribution in [-0.4, -0.2) is 44.7 Å². The molecular weight excluding hydrogens is 528 g/mol. The van der Waals surface area contributed by atoms with Crippen LogP contribution in [0.3, 0.4) is 0 Å². The number of nitrogens with zero attached hydrogens (tertiary/aromatic N) is 3. The molecule has 4 heterocycles. The van der Waals surface area contributed by atoms with Crippen molar-refractivity contribution >= 4 is 6.09 Å². The lowest BCUT2D eigenvalue weighted by atomic mass is 10.00. The van der Waals surface area contributed by atoms with E-state index in [0.29, 0.717) is 31.4 Å². The van der Waals surface area contributed by atoms with Crippen LogP contribution in [0.2, 0.25) is 0 Å². The van der Waals surface area contributed by atoms with Gasteiger partial charge in [0, 0.05) is 24.4 Å². The number of aromatic amines is 1. The summed E-state index contributed by atoms with van der Waals surface area (Å²) in [4.78, 5) is 27.8. The number of hydrogen-bond donors (Lipinski definition) is 1. The number of nitrogens with one attached hydrogen (secondary N) is 1. The van der Waals surface area contributed by atoms with Crippen molar-refractivity contribution in [3.8, 4) is 39.4 Å². The first kappa shape index (κ1) is 26.8. The molecule has 1 amide bonds. The van der Waals surface area contributed by atoms with E-state index >= 15 is 0 Å². The minimum Gasteiger partial charge on any atom is -0.492 e. The molecule has 2 aromatic heterocycles. The van der Waals surface area contributed by atoms with Crippen LogP contribution in [0.4, 0.5) is 4.79 Å². The molecule has 1 saturated carbocycles. The molecule has 2 aromatic carbocycles. The Balaban J connectivity index is 1.12. The molecule has 218 valence electrons. The highest BCUT2D eigenvalue weighted by Crippen LogP contribution is 2.41. The molecule has 0 spiro atoms. The van der Waals surface area contributed by atoms with Crippen molar-refractivity contribution in [2.75, 3.05) is 13.2 Å². The standard InChI is InChI=1S/C34H38N4O4/c1-34(2,3)42-33(39)38-17-6-9-27(38)32-37-30-25-15-14-24(19-29(25)40-18-16-28(30)41-32)21-10-12-22(13-11-21)26-20-35-31(36-26)23-7-4-5-8-23/h10-15,19-20,23,27H,4-9,16-18H2,1-3H3,(H,35,36)/t27-/m0/s1. The van der Waals surface area contributed by atoms with E-state index in [9.17, 15) is 4.79 Å². The van der Waals surface area contributed by atoms with Gasteiger partial charge in [-0.25, -0.2) is 14.8 Å². The van der Waals surface area contributed by atoms with Gasteiger partial charge in [0.25, 0.3) is 0 Å². The summed E-state index contributed by atoms with van der Waals surface area (Å²) in [7, 11) is 0. The quantitative estimate of drug-likeness (QED) is 0.269. The van der Waals surface area contributed by atoms with Gasteiger partial charge in [-0.15, -0.1) is 0 Å². The van der Waals surface area contributed by atoms with E-state index in [1.807, 2.05) is 27.0 Å². The molecule has 1 atom stereocenters. The van der Waals surface area contributed by atoms with E-state index in [0.717, 1.165) is 63.8 Å². The van der Waals surface area contributed by atoms with E-state index in [4.69, 9.17) is 18.9 Å². The van der Waals surface area contributed by atoms with Crippen molar-refractivity contribution in [1.29, 1.82) is 0 Å². The molecule has 4 aromatic rings. The molecule has 1 aliphatic carbocycles. The Hall–Kier alpha value is -4.07. The molecule has 2 aliphatic heterocycles. The van der Waals surface area contributed by atoms with Gasteiger partial charge in [-0.1, -0.05) is 43.2 Å². The van der Waals surface area contributed by atoms with Gasteiger partial charge >= 0.3 is 6.09 Å². The average Bonchev–Trinajstić information content (AvgIpc) is 3.78. The average molecular weight is 567 g/mol. The van der Waals surface area contributed by atoms with Gasteiger partial charge in [0.15, 0.2) is 0 Å². The van der Waals surface area contributed by atoms with Crippen LogP contribution >= 0.6 is 0 Å². The maximum atomic E-state index is 12.9. The number of imidazole rings is 1. The van der Waals surface area contributed by atoms with Crippen LogP contribution in [0.15, 0.2) is 53.1 Å². The van der Waals surface area contributed by atoms with Gasteiger partial charge in [-0.05, 0) is 75.3 Å². The van der Waals surface area contributed by atoms with Gasteiger partial charge in [0.1, 0.15) is 34.7 Å². The zero-order chi connectivity index (χ0) is 28.8. The molecule has 1 saturated heterocycles. The van der Waals surface area contributed by atoms with Crippen LogP contribution in [0, 0.1) is 0 Å². The number of H-pyrrole nitrogens is 1. The fourth-order valence-electron chi connectivity index (χ4n) is 6.46. The lowest BCUT2D eigenvalue weighted by Gasteiger charge is -2.27. The largest absolute Gasteiger partial charge is 0.492 e. The summed E-state index contributed by atoms with van der Waals surface area (Å²) in [5.74, 6) is 3.86. The Bertz CT molecular complexity index is 1590. The Morgan fingerprint density at radius 2 is 1.76 bits per heavy atom. The van der Waals surface area contributed by atoms with Crippen molar-refractivity contribution in [1.82, 2.24) is 19.9 Å². The molecule has 8 nitrogen and oxygen atoms in total. The van der Waals surface area contributed by atoms with Gasteiger partial charge in [0.2, 0.25) is 5.89 Å². The summed E-state index contributed by atoms with van der Waals surface area (Å²) in [6.45, 7) is 6.79. The number of carbonyl (C=O) groups excluding carboxylic acids is 1. The molecule has 3 aliphatic rings. The second-order valence-electron chi connectivity index (χ2n) is 12.7. The maximum Gasteiger partial charge on any atom is 0.410 e. The zero-order valence-corrected chi connectivity index (χ0v) is 24.6. The predicted octanol–water partition coefficient (Wildman–Crippen LogP) is 8.06. The highest BCUT2D eigenvalue weighted by Gasteiger charge is 2.37. The highest BCUT2D eigenvalue weighted by atomic mass is 16.6. The van der Waals surface area contributed by atoms with E-state index < -0.39 is 5.60 Å². The van der Waals surface area contributed by atoms with Crippen LogP contribution in [0.25, 0.3) is 33.6 Å². The predicted molar refractivity (Wildman–Crippen MR) is 160 cm³/mol. The number of likely N-dealkylation sites (tertiary alicyclic amines) is 1. The lowest BCUT2D eigenvalue weighted by Crippen LogP contribution is -2.36. The van der Waals surface area contributed by atoms with Crippen molar-refractivity contribution in [3.05, 3.63) is 66.1 Å². The first-order chi connectivity index (χ1) is 20.3. The van der Waals surface area contributed by atoms with E-state index in [2.05, 4.69) is 52.4 Å². The lowest BCUT2D eigenvalue weighted by molar-refractivity contribution is 0.0203. The number of carbonyl (C=O) groups is 1. The number of oxazole rings is 1. The number of amides is 1. The number of aromatic nitrogens is 3. The summed E-state index contributed by atoms with van der Waals surface area (Å²) < 4.78 is 18.1. The van der Waals surface area contributed by atoms with Crippen molar-refractivity contribution in [2.24, 2.45) is 0 Å². The summed E-state index contributed by atoms with van der Waals surface area (Å²) >= 11 is 0. The molecule has 42 heavy (non-hydrogen) atoms. The molecule has 1 N–H and O–H groups in total. The van der Waals surface area contributed by atoms with Gasteiger partial charge in [-0.3, -0.25) is 4.90 Å². The van der Waals surface area contributed by atoms with E-state index in [1.165, 1.54) is 25.7 Å². The molecule has 8 heteroatoms. The van der Waals surface area contributed by atoms with Gasteiger partial charge < -0.3 is 18.9 Å². The topological polar surface area (TPSA) is 93.5 Å². The third-order valence-corrected chi connectivity index (χ3v) is 8.57. The van der Waals surface area contributed by atoms with Gasteiger partial charge in [-0.2, -0.15) is 0 Å². The summed E-state index contributed by atoms with van der Waals surface area (Å²) in [6, 6.07) is 14.6. The minimum atomic E-state index is -0.552. The molecule has 7 rings (SSSR count). The Morgan fingerprint density at radius 1 is 1.00 bits per heavy atom. The Labute approximate surface area is 246 Å². The smallest absolute Gasteiger partial charge is 0.410 e. The number of ether oxygens (including phenoxy) is 2. The third kappa shape index (κ3) is 5.19. The molecule has 2 fully saturated rings. The monoisotopic (exact) mass is 566 g/mol. The third-order valence-electron chi connectivity index (χ3n) is 8.57. The fraction of sp³-hybridized carbons (Fsp3) is 0.441. The number of fused-ring (bicyclic) bond motifs is 3. The summed E-state index contributed by atoms with van der Waals surface area (Å²) in [5.41, 5.74) is 5.55. The maximum absolute atomic E-state index is 12.9. The fourth-order valence-corrected chi connectivity index (χ4v) is 6.46. The molecular formula is C34H38N4O4. The summed E-state index contributed by atoms with van der Waals surface area (Å²) in [6.07, 6.45) is 9.01. The van der Waals surface area contributed by atoms with Crippen LogP contribution in [-0.2, 0) is 11.2 Å². The Morgan fingerprint density at radius 3 is 2.55 bits per heavy atom. The molecule has 0 bridgehead atoms.